The molecule has 0 saturated heterocycles. The summed E-state index contributed by atoms with van der Waals surface area (Å²) in [6.07, 6.45) is 0. The van der Waals surface area contributed by atoms with Crippen LogP contribution in [0.25, 0.3) is 22.1 Å². The van der Waals surface area contributed by atoms with Gasteiger partial charge in [0.2, 0.25) is 11.5 Å². The minimum absolute atomic E-state index is 0.0449. The van der Waals surface area contributed by atoms with Crippen LogP contribution in [0.1, 0.15) is 19.7 Å². The van der Waals surface area contributed by atoms with E-state index in [1.54, 1.807) is 0 Å². The molecule has 0 unspecified atom stereocenters. The molecule has 0 aliphatic heterocycles. The highest BCUT2D eigenvalue weighted by Crippen LogP contribution is 2.24. The molecule has 0 fully saturated rings. The predicted octanol–water partition coefficient (Wildman–Crippen LogP) is 1.63. The minimum Gasteiger partial charge on any atom is -0.449 e. The lowest BCUT2D eigenvalue weighted by Crippen LogP contribution is -2.37. The van der Waals surface area contributed by atoms with E-state index in [2.05, 4.69) is 15.3 Å². The molecule has 0 spiro atoms. The summed E-state index contributed by atoms with van der Waals surface area (Å²) in [5.74, 6) is 0.474. The number of nitrogens with one attached hydrogen (secondary N) is 2. The van der Waals surface area contributed by atoms with Crippen molar-refractivity contribution in [3.63, 3.8) is 0 Å². The van der Waals surface area contributed by atoms with Gasteiger partial charge < -0.3 is 14.7 Å². The number of nitrogens with zero attached hydrogens (tertiary/aromatic N) is 2. The molecule has 1 aromatic carbocycles. The van der Waals surface area contributed by atoms with Crippen molar-refractivity contribution in [1.29, 1.82) is 0 Å². The summed E-state index contributed by atoms with van der Waals surface area (Å²) in [5, 5.41) is 3.58. The highest BCUT2D eigenvalue weighted by molar-refractivity contribution is 6.01. The second-order valence-corrected chi connectivity index (χ2v) is 5.55. The largest absolute Gasteiger partial charge is 0.449 e. The lowest BCUT2D eigenvalue weighted by Gasteiger charge is -2.18. The number of hydrogen-bond acceptors (Lipinski definition) is 5. The smallest absolute Gasteiger partial charge is 0.294 e. The Hall–Kier alpha value is -2.67. The Kier molecular flexibility index (Phi) is 4.61. The number of carbonyl (C=O) groups excluding carboxylic acids is 1. The fourth-order valence-electron chi connectivity index (χ4n) is 2.67. The summed E-state index contributed by atoms with van der Waals surface area (Å²) in [5.41, 5.74) is 1.11. The van der Waals surface area contributed by atoms with Crippen LogP contribution in [0.2, 0.25) is 0 Å². The number of furan rings is 1. The predicted molar refractivity (Wildman–Crippen MR) is 91.8 cm³/mol. The molecule has 0 bridgehead atoms. The van der Waals surface area contributed by atoms with E-state index in [9.17, 15) is 9.59 Å². The molecule has 3 rings (SSSR count). The zero-order valence-corrected chi connectivity index (χ0v) is 13.8. The number of benzene rings is 1. The molecule has 2 aromatic heterocycles. The first-order valence-corrected chi connectivity index (χ1v) is 8.01. The first-order valence-electron chi connectivity index (χ1n) is 8.01. The highest BCUT2D eigenvalue weighted by Gasteiger charge is 2.15. The summed E-state index contributed by atoms with van der Waals surface area (Å²) in [7, 11) is 0. The van der Waals surface area contributed by atoms with E-state index in [0.717, 1.165) is 5.39 Å². The second kappa shape index (κ2) is 6.84. The quantitative estimate of drug-likeness (QED) is 0.717. The highest BCUT2D eigenvalue weighted by atomic mass is 16.3. The summed E-state index contributed by atoms with van der Waals surface area (Å²) in [6.45, 7) is 5.76. The summed E-state index contributed by atoms with van der Waals surface area (Å²) < 4.78 is 5.58. The van der Waals surface area contributed by atoms with Crippen LogP contribution >= 0.6 is 0 Å². The number of carbonyl (C=O) groups is 1. The third-order valence-electron chi connectivity index (χ3n) is 3.84. The van der Waals surface area contributed by atoms with Gasteiger partial charge in [-0.2, -0.15) is 0 Å². The molecule has 7 heteroatoms. The fourth-order valence-corrected chi connectivity index (χ4v) is 2.67. The molecule has 7 nitrogen and oxygen atoms in total. The van der Waals surface area contributed by atoms with Crippen molar-refractivity contribution in [2.45, 2.75) is 20.4 Å². The van der Waals surface area contributed by atoms with Crippen LogP contribution in [0.5, 0.6) is 0 Å². The van der Waals surface area contributed by atoms with Gasteiger partial charge in [0.05, 0.1) is 13.1 Å². The van der Waals surface area contributed by atoms with Crippen molar-refractivity contribution < 1.29 is 9.21 Å². The minimum atomic E-state index is -0.305. The summed E-state index contributed by atoms with van der Waals surface area (Å²) >= 11 is 0. The summed E-state index contributed by atoms with van der Waals surface area (Å²) in [4.78, 5) is 33.2. The molecule has 126 valence electrons. The number of amides is 1. The van der Waals surface area contributed by atoms with Gasteiger partial charge in [-0.15, -0.1) is 0 Å². The van der Waals surface area contributed by atoms with Gasteiger partial charge in [-0.1, -0.05) is 19.1 Å². The number of aromatic amines is 1. The van der Waals surface area contributed by atoms with Gasteiger partial charge >= 0.3 is 0 Å². The molecule has 0 aliphatic rings. The molecule has 0 aliphatic carbocycles. The molecular formula is C17H20N4O3. The maximum absolute atomic E-state index is 12.3. The molecule has 24 heavy (non-hydrogen) atoms. The summed E-state index contributed by atoms with van der Waals surface area (Å²) in [6, 6.07) is 7.42. The van der Waals surface area contributed by atoms with Crippen molar-refractivity contribution in [2.75, 3.05) is 19.6 Å². The van der Waals surface area contributed by atoms with Gasteiger partial charge in [0.1, 0.15) is 16.9 Å². The number of hydrogen-bond donors (Lipinski definition) is 2. The SMILES string of the molecule is CCNC(=O)CN(CC)Cc1nc2c(oc3ccccc32)c(=O)[nH]1. The Labute approximate surface area is 138 Å². The number of para-hydroxylation sites is 1. The normalized spacial score (nSPS) is 11.5. The van der Waals surface area contributed by atoms with Gasteiger partial charge in [0.25, 0.3) is 5.56 Å². The fraction of sp³-hybridized carbons (Fsp3) is 0.353. The first kappa shape index (κ1) is 16.2. The molecular weight excluding hydrogens is 308 g/mol. The van der Waals surface area contributed by atoms with Crippen LogP contribution in [0.4, 0.5) is 0 Å². The third-order valence-corrected chi connectivity index (χ3v) is 3.84. The molecule has 3 aromatic rings. The zero-order valence-electron chi connectivity index (χ0n) is 13.8. The van der Waals surface area contributed by atoms with Gasteiger partial charge in [-0.25, -0.2) is 4.98 Å². The molecule has 0 atom stereocenters. The van der Waals surface area contributed by atoms with Crippen molar-refractivity contribution in [3.05, 3.63) is 40.4 Å². The first-order chi connectivity index (χ1) is 11.6. The molecule has 0 saturated carbocycles. The van der Waals surface area contributed by atoms with E-state index in [1.807, 2.05) is 43.0 Å². The van der Waals surface area contributed by atoms with E-state index in [-0.39, 0.29) is 23.6 Å². The lowest BCUT2D eigenvalue weighted by atomic mass is 10.2. The van der Waals surface area contributed by atoms with Crippen molar-refractivity contribution in [1.82, 2.24) is 20.2 Å². The van der Waals surface area contributed by atoms with Crippen LogP contribution in [-0.4, -0.2) is 40.4 Å². The Balaban J connectivity index is 1.93. The van der Waals surface area contributed by atoms with Crippen LogP contribution in [0.3, 0.4) is 0 Å². The second-order valence-electron chi connectivity index (χ2n) is 5.55. The van der Waals surface area contributed by atoms with Gasteiger partial charge in [-0.3, -0.25) is 14.5 Å². The Morgan fingerprint density at radius 2 is 2.12 bits per heavy atom. The average molecular weight is 328 g/mol. The van der Waals surface area contributed by atoms with Gasteiger partial charge in [0.15, 0.2) is 0 Å². The standard InChI is InChI=1S/C17H20N4O3/c1-3-18-14(22)10-21(4-2)9-13-19-15-11-7-5-6-8-12(11)24-16(15)17(23)20-13/h5-8H,3-4,9-10H2,1-2H3,(H,18,22)(H,19,20,23). The van der Waals surface area contributed by atoms with Gasteiger partial charge in [0, 0.05) is 11.9 Å². The topological polar surface area (TPSA) is 91.2 Å². The van der Waals surface area contributed by atoms with Gasteiger partial charge in [-0.05, 0) is 25.6 Å². The van der Waals surface area contributed by atoms with E-state index < -0.39 is 0 Å². The zero-order chi connectivity index (χ0) is 17.1. The van der Waals surface area contributed by atoms with Crippen molar-refractivity contribution >= 4 is 28.0 Å². The molecule has 2 N–H and O–H groups in total. The molecule has 0 radical (unpaired) electrons. The molecule has 2 heterocycles. The van der Waals surface area contributed by atoms with E-state index in [1.165, 1.54) is 0 Å². The van der Waals surface area contributed by atoms with Crippen molar-refractivity contribution in [2.24, 2.45) is 0 Å². The Bertz CT molecular complexity index is 928. The molecule has 1 amide bonds. The number of likely N-dealkylation sites (N-methyl/N-ethyl adjacent to an activating group) is 2. The average Bonchev–Trinajstić information content (AvgIpc) is 2.94. The Morgan fingerprint density at radius 1 is 1.33 bits per heavy atom. The Morgan fingerprint density at radius 3 is 2.88 bits per heavy atom. The van der Waals surface area contributed by atoms with E-state index in [0.29, 0.717) is 36.6 Å². The van der Waals surface area contributed by atoms with Crippen LogP contribution < -0.4 is 10.9 Å². The van der Waals surface area contributed by atoms with Crippen LogP contribution in [0.15, 0.2) is 33.5 Å². The van der Waals surface area contributed by atoms with E-state index >= 15 is 0 Å². The number of rotatable bonds is 6. The number of H-pyrrole nitrogens is 1. The van der Waals surface area contributed by atoms with E-state index in [4.69, 9.17) is 4.42 Å². The van der Waals surface area contributed by atoms with Crippen LogP contribution in [-0.2, 0) is 11.3 Å². The van der Waals surface area contributed by atoms with Crippen LogP contribution in [0, 0.1) is 0 Å². The monoisotopic (exact) mass is 328 g/mol. The maximum atomic E-state index is 12.3. The number of aromatic nitrogens is 2. The number of fused-ring (bicyclic) bond motifs is 3. The van der Waals surface area contributed by atoms with Crippen molar-refractivity contribution in [3.8, 4) is 0 Å². The third kappa shape index (κ3) is 3.16. The lowest BCUT2D eigenvalue weighted by molar-refractivity contribution is -0.122. The maximum Gasteiger partial charge on any atom is 0.294 e.